The zero-order valence-corrected chi connectivity index (χ0v) is 14.3. The van der Waals surface area contributed by atoms with Crippen molar-refractivity contribution in [3.8, 4) is 0 Å². The van der Waals surface area contributed by atoms with Crippen LogP contribution in [0.4, 0.5) is 0 Å². The summed E-state index contributed by atoms with van der Waals surface area (Å²) in [6.45, 7) is 0.752. The summed E-state index contributed by atoms with van der Waals surface area (Å²) in [4.78, 5) is 14.7. The highest BCUT2D eigenvalue weighted by atomic mass is 79.9. The number of halogens is 2. The molecule has 5 heteroatoms. The number of carbonyl (C=O) groups is 1. The minimum Gasteiger partial charge on any atom is -0.322 e. The number of thioether (sulfide) groups is 1. The van der Waals surface area contributed by atoms with Gasteiger partial charge >= 0.3 is 0 Å². The summed E-state index contributed by atoms with van der Waals surface area (Å²) in [6.07, 6.45) is 0. The lowest BCUT2D eigenvalue weighted by Gasteiger charge is -2.24. The molecule has 0 saturated carbocycles. The van der Waals surface area contributed by atoms with E-state index < -0.39 is 0 Å². The van der Waals surface area contributed by atoms with Crippen LogP contribution in [0.3, 0.4) is 0 Å². The number of nitrogens with zero attached hydrogens (tertiary/aromatic N) is 1. The summed E-state index contributed by atoms with van der Waals surface area (Å²) in [5.41, 5.74) is 1.78. The molecule has 0 aliphatic carbocycles. The largest absolute Gasteiger partial charge is 0.322 e. The molecule has 0 N–H and O–H groups in total. The Morgan fingerprint density at radius 3 is 2.81 bits per heavy atom. The molecular formula is C16H13BrClNOS. The first-order valence-corrected chi connectivity index (χ1v) is 8.81. The number of amides is 1. The fraction of sp³-hybridized carbons (Fsp3) is 0.188. The highest BCUT2D eigenvalue weighted by molar-refractivity contribution is 9.10. The molecule has 1 aliphatic rings. The van der Waals surface area contributed by atoms with E-state index in [0.29, 0.717) is 10.6 Å². The minimum absolute atomic E-state index is 0.0308. The normalized spacial score (nSPS) is 18.0. The first-order valence-electron chi connectivity index (χ1n) is 6.59. The van der Waals surface area contributed by atoms with E-state index in [-0.39, 0.29) is 11.3 Å². The van der Waals surface area contributed by atoms with Crippen molar-refractivity contribution in [2.45, 2.75) is 5.37 Å². The van der Waals surface area contributed by atoms with Gasteiger partial charge in [-0.3, -0.25) is 4.79 Å². The summed E-state index contributed by atoms with van der Waals surface area (Å²) in [7, 11) is 0. The van der Waals surface area contributed by atoms with Crippen LogP contribution in [0.25, 0.3) is 0 Å². The molecule has 1 saturated heterocycles. The predicted octanol–water partition coefficient (Wildman–Crippen LogP) is 4.99. The van der Waals surface area contributed by atoms with Crippen molar-refractivity contribution in [3.05, 3.63) is 69.2 Å². The van der Waals surface area contributed by atoms with Crippen molar-refractivity contribution < 1.29 is 4.79 Å². The Labute approximate surface area is 141 Å². The minimum atomic E-state index is 0.0308. The van der Waals surface area contributed by atoms with Gasteiger partial charge in [-0.05, 0) is 45.8 Å². The van der Waals surface area contributed by atoms with Gasteiger partial charge < -0.3 is 4.90 Å². The zero-order chi connectivity index (χ0) is 14.8. The van der Waals surface area contributed by atoms with Gasteiger partial charge in [0, 0.05) is 21.8 Å². The van der Waals surface area contributed by atoms with Crippen LogP contribution in [-0.2, 0) is 0 Å². The van der Waals surface area contributed by atoms with Crippen LogP contribution in [0.15, 0.2) is 53.0 Å². The molecule has 21 heavy (non-hydrogen) atoms. The number of carbonyl (C=O) groups excluding carboxylic acids is 1. The topological polar surface area (TPSA) is 20.3 Å². The van der Waals surface area contributed by atoms with Crippen LogP contribution >= 0.6 is 39.3 Å². The number of benzene rings is 2. The van der Waals surface area contributed by atoms with Crippen LogP contribution in [-0.4, -0.2) is 23.1 Å². The van der Waals surface area contributed by atoms with E-state index in [9.17, 15) is 4.79 Å². The first kappa shape index (κ1) is 14.9. The maximum atomic E-state index is 12.8. The van der Waals surface area contributed by atoms with Gasteiger partial charge in [0.15, 0.2) is 0 Å². The Bertz CT molecular complexity index is 679. The summed E-state index contributed by atoms with van der Waals surface area (Å²) >= 11 is 11.3. The van der Waals surface area contributed by atoms with E-state index in [1.807, 2.05) is 53.4 Å². The smallest absolute Gasteiger partial charge is 0.256 e. The van der Waals surface area contributed by atoms with Crippen LogP contribution in [0.2, 0.25) is 5.02 Å². The zero-order valence-electron chi connectivity index (χ0n) is 11.1. The standard InChI is InChI=1S/C16H13BrClNOS/c17-14-7-2-1-6-13(14)15(20)19-8-9-21-16(19)11-4-3-5-12(18)10-11/h1-7,10,16H,8-9H2. The molecule has 2 nitrogen and oxygen atoms in total. The molecule has 0 bridgehead atoms. The Balaban J connectivity index is 1.91. The summed E-state index contributed by atoms with van der Waals surface area (Å²) < 4.78 is 0.830. The number of hydrogen-bond acceptors (Lipinski definition) is 2. The van der Waals surface area contributed by atoms with Crippen molar-refractivity contribution in [1.82, 2.24) is 4.90 Å². The third-order valence-corrected chi connectivity index (χ3v) is 5.58. The fourth-order valence-corrected chi connectivity index (χ4v) is 4.30. The lowest BCUT2D eigenvalue weighted by atomic mass is 10.1. The number of rotatable bonds is 2. The summed E-state index contributed by atoms with van der Waals surface area (Å²) in [5.74, 6) is 0.991. The molecule has 1 atom stereocenters. The molecule has 0 spiro atoms. The SMILES string of the molecule is O=C(c1ccccc1Br)N1CCSC1c1cccc(Cl)c1. The monoisotopic (exact) mass is 381 g/mol. The number of hydrogen-bond donors (Lipinski definition) is 0. The molecule has 1 fully saturated rings. The van der Waals surface area contributed by atoms with Crippen molar-refractivity contribution in [2.24, 2.45) is 0 Å². The Kier molecular flexibility index (Phi) is 4.57. The Morgan fingerprint density at radius 2 is 2.05 bits per heavy atom. The van der Waals surface area contributed by atoms with Gasteiger partial charge in [-0.1, -0.05) is 35.9 Å². The van der Waals surface area contributed by atoms with Gasteiger partial charge in [-0.15, -0.1) is 11.8 Å². The molecule has 3 rings (SSSR count). The molecule has 0 aromatic heterocycles. The quantitative estimate of drug-likeness (QED) is 0.729. The molecule has 1 unspecified atom stereocenters. The van der Waals surface area contributed by atoms with Crippen molar-refractivity contribution >= 4 is 45.2 Å². The van der Waals surface area contributed by atoms with Crippen molar-refractivity contribution in [1.29, 1.82) is 0 Å². The van der Waals surface area contributed by atoms with Gasteiger partial charge in [-0.2, -0.15) is 0 Å². The Morgan fingerprint density at radius 1 is 1.24 bits per heavy atom. The maximum absolute atomic E-state index is 12.8. The van der Waals surface area contributed by atoms with Gasteiger partial charge in [0.05, 0.1) is 5.56 Å². The predicted molar refractivity (Wildman–Crippen MR) is 91.8 cm³/mol. The molecule has 1 amide bonds. The average Bonchev–Trinajstić information content (AvgIpc) is 2.96. The third kappa shape index (κ3) is 3.12. The second-order valence-corrected chi connectivity index (χ2v) is 7.24. The maximum Gasteiger partial charge on any atom is 0.256 e. The van der Waals surface area contributed by atoms with Gasteiger partial charge in [0.25, 0.3) is 5.91 Å². The van der Waals surface area contributed by atoms with Gasteiger partial charge in [-0.25, -0.2) is 0 Å². The molecule has 108 valence electrons. The van der Waals surface area contributed by atoms with Crippen molar-refractivity contribution in [3.63, 3.8) is 0 Å². The molecule has 0 radical (unpaired) electrons. The van der Waals surface area contributed by atoms with E-state index in [0.717, 1.165) is 22.3 Å². The molecular weight excluding hydrogens is 370 g/mol. The molecule has 1 aliphatic heterocycles. The molecule has 1 heterocycles. The Hall–Kier alpha value is -0.970. The van der Waals surface area contributed by atoms with Crippen LogP contribution < -0.4 is 0 Å². The van der Waals surface area contributed by atoms with Gasteiger partial charge in [0.1, 0.15) is 5.37 Å². The molecule has 2 aromatic carbocycles. The molecule has 2 aromatic rings. The lowest BCUT2D eigenvalue weighted by molar-refractivity contribution is 0.0759. The van der Waals surface area contributed by atoms with Crippen LogP contribution in [0.5, 0.6) is 0 Å². The van der Waals surface area contributed by atoms with E-state index in [2.05, 4.69) is 15.9 Å². The third-order valence-electron chi connectivity index (χ3n) is 3.39. The van der Waals surface area contributed by atoms with E-state index in [4.69, 9.17) is 11.6 Å². The van der Waals surface area contributed by atoms with E-state index in [1.165, 1.54) is 0 Å². The average molecular weight is 383 g/mol. The highest BCUT2D eigenvalue weighted by Crippen LogP contribution is 2.39. The highest BCUT2D eigenvalue weighted by Gasteiger charge is 2.31. The second-order valence-electron chi connectivity index (χ2n) is 4.76. The second kappa shape index (κ2) is 6.42. The lowest BCUT2D eigenvalue weighted by Crippen LogP contribution is -2.30. The van der Waals surface area contributed by atoms with E-state index in [1.54, 1.807) is 11.8 Å². The van der Waals surface area contributed by atoms with Crippen LogP contribution in [0, 0.1) is 0 Å². The van der Waals surface area contributed by atoms with Crippen LogP contribution in [0.1, 0.15) is 21.3 Å². The van der Waals surface area contributed by atoms with Crippen molar-refractivity contribution in [2.75, 3.05) is 12.3 Å². The summed E-state index contributed by atoms with van der Waals surface area (Å²) in [5, 5.41) is 0.733. The fourth-order valence-electron chi connectivity index (χ4n) is 2.40. The van der Waals surface area contributed by atoms with E-state index >= 15 is 0 Å². The van der Waals surface area contributed by atoms with Gasteiger partial charge in [0.2, 0.25) is 0 Å². The summed E-state index contributed by atoms with van der Waals surface area (Å²) in [6, 6.07) is 15.3. The first-order chi connectivity index (χ1) is 10.2.